The Hall–Kier alpha value is -5.00. The van der Waals surface area contributed by atoms with Crippen molar-refractivity contribution in [2.45, 2.75) is 0 Å². The third kappa shape index (κ3) is 3.37. The number of hydrogen-bond donors (Lipinski definition) is 0. The zero-order valence-corrected chi connectivity index (χ0v) is 21.3. The van der Waals surface area contributed by atoms with E-state index >= 15 is 0 Å². The predicted octanol–water partition coefficient (Wildman–Crippen LogP) is 8.86. The van der Waals surface area contributed by atoms with E-state index in [9.17, 15) is 0 Å². The molecule has 0 saturated heterocycles. The van der Waals surface area contributed by atoms with Crippen LogP contribution in [0.2, 0.25) is 5.28 Å². The molecular weight excluding hydrogens is 504 g/mol. The van der Waals surface area contributed by atoms with E-state index in [4.69, 9.17) is 21.0 Å². The van der Waals surface area contributed by atoms with E-state index in [2.05, 4.69) is 69.1 Å². The maximum absolute atomic E-state index is 6.57. The maximum Gasteiger partial charge on any atom is 0.226 e. The van der Waals surface area contributed by atoms with Crippen LogP contribution >= 0.6 is 11.6 Å². The molecule has 0 aliphatic carbocycles. The van der Waals surface area contributed by atoms with Crippen LogP contribution in [-0.4, -0.2) is 19.5 Å². The second-order valence-electron chi connectivity index (χ2n) is 9.42. The van der Waals surface area contributed by atoms with E-state index in [1.807, 2.05) is 60.7 Å². The standard InChI is InChI=1S/C33H19ClN4O/c34-33-36-31(35-32(37-33)24-14-9-19-29-30(24)23-13-4-8-18-28(23)39-29)22-12-3-7-17-27(22)38-25-15-5-1-10-20(25)21-11-2-6-16-26(21)38/h1-19H. The van der Waals surface area contributed by atoms with Gasteiger partial charge in [0, 0.05) is 32.7 Å². The van der Waals surface area contributed by atoms with Crippen molar-refractivity contribution in [1.29, 1.82) is 0 Å². The topological polar surface area (TPSA) is 56.7 Å². The van der Waals surface area contributed by atoms with Gasteiger partial charge in [0.05, 0.1) is 16.7 Å². The molecule has 39 heavy (non-hydrogen) atoms. The highest BCUT2D eigenvalue weighted by Crippen LogP contribution is 2.38. The number of nitrogens with zero attached hydrogens (tertiary/aromatic N) is 4. The number of aromatic nitrogens is 4. The van der Waals surface area contributed by atoms with Gasteiger partial charge in [0.2, 0.25) is 5.28 Å². The Labute approximate surface area is 228 Å². The van der Waals surface area contributed by atoms with E-state index in [0.29, 0.717) is 11.6 Å². The first kappa shape index (κ1) is 22.0. The molecular formula is C33H19ClN4O. The summed E-state index contributed by atoms with van der Waals surface area (Å²) in [5.41, 5.74) is 6.49. The average Bonchev–Trinajstić information content (AvgIpc) is 3.53. The minimum atomic E-state index is 0.136. The van der Waals surface area contributed by atoms with Gasteiger partial charge in [0.25, 0.3) is 0 Å². The second-order valence-corrected chi connectivity index (χ2v) is 9.75. The van der Waals surface area contributed by atoms with Gasteiger partial charge in [-0.3, -0.25) is 0 Å². The van der Waals surface area contributed by atoms with Crippen molar-refractivity contribution >= 4 is 55.3 Å². The quantitative estimate of drug-likeness (QED) is 0.232. The molecule has 0 aliphatic rings. The fraction of sp³-hybridized carbons (Fsp3) is 0. The predicted molar refractivity (Wildman–Crippen MR) is 157 cm³/mol. The lowest BCUT2D eigenvalue weighted by Crippen LogP contribution is -2.02. The van der Waals surface area contributed by atoms with Crippen LogP contribution in [0.25, 0.3) is 72.2 Å². The van der Waals surface area contributed by atoms with Crippen molar-refractivity contribution in [2.75, 3.05) is 0 Å². The Kier molecular flexibility index (Phi) is 4.81. The fourth-order valence-corrected chi connectivity index (χ4v) is 5.75. The SMILES string of the molecule is Clc1nc(-c2ccccc2-n2c3ccccc3c3ccccc32)nc(-c2cccc3oc4ccccc4c23)n1. The molecule has 3 aromatic heterocycles. The molecule has 5 nitrogen and oxygen atoms in total. The molecule has 5 aromatic carbocycles. The molecule has 0 N–H and O–H groups in total. The summed E-state index contributed by atoms with van der Waals surface area (Å²) in [4.78, 5) is 14.1. The van der Waals surface area contributed by atoms with Crippen LogP contribution in [0.1, 0.15) is 0 Å². The zero-order chi connectivity index (χ0) is 25.9. The van der Waals surface area contributed by atoms with Gasteiger partial charge in [0.1, 0.15) is 11.2 Å². The molecule has 3 heterocycles. The van der Waals surface area contributed by atoms with Crippen molar-refractivity contribution in [3.8, 4) is 28.5 Å². The summed E-state index contributed by atoms with van der Waals surface area (Å²) in [6.07, 6.45) is 0. The first-order valence-electron chi connectivity index (χ1n) is 12.7. The van der Waals surface area contributed by atoms with Crippen LogP contribution in [0.4, 0.5) is 0 Å². The minimum Gasteiger partial charge on any atom is -0.456 e. The number of halogens is 1. The smallest absolute Gasteiger partial charge is 0.226 e. The largest absolute Gasteiger partial charge is 0.456 e. The van der Waals surface area contributed by atoms with Gasteiger partial charge in [-0.25, -0.2) is 4.98 Å². The Morgan fingerprint density at radius 3 is 1.85 bits per heavy atom. The molecule has 0 atom stereocenters. The van der Waals surface area contributed by atoms with Gasteiger partial charge >= 0.3 is 0 Å². The van der Waals surface area contributed by atoms with Crippen molar-refractivity contribution < 1.29 is 4.42 Å². The van der Waals surface area contributed by atoms with Gasteiger partial charge < -0.3 is 8.98 Å². The van der Waals surface area contributed by atoms with Crippen molar-refractivity contribution in [3.63, 3.8) is 0 Å². The number of benzene rings is 5. The van der Waals surface area contributed by atoms with Crippen molar-refractivity contribution in [3.05, 3.63) is 121 Å². The Bertz CT molecular complexity index is 2160. The van der Waals surface area contributed by atoms with E-state index in [-0.39, 0.29) is 5.28 Å². The number of fused-ring (bicyclic) bond motifs is 6. The van der Waals surface area contributed by atoms with Crippen molar-refractivity contribution in [2.24, 2.45) is 0 Å². The summed E-state index contributed by atoms with van der Waals surface area (Å²) < 4.78 is 8.37. The van der Waals surface area contributed by atoms with Gasteiger partial charge in [-0.1, -0.05) is 78.9 Å². The van der Waals surface area contributed by atoms with Crippen LogP contribution in [-0.2, 0) is 0 Å². The highest BCUT2D eigenvalue weighted by Gasteiger charge is 2.19. The number of rotatable bonds is 3. The Morgan fingerprint density at radius 1 is 0.513 bits per heavy atom. The lowest BCUT2D eigenvalue weighted by molar-refractivity contribution is 0.669. The van der Waals surface area contributed by atoms with Crippen molar-refractivity contribution in [1.82, 2.24) is 19.5 Å². The third-order valence-electron chi connectivity index (χ3n) is 7.22. The van der Waals surface area contributed by atoms with Crippen LogP contribution < -0.4 is 0 Å². The molecule has 8 rings (SSSR count). The summed E-state index contributed by atoms with van der Waals surface area (Å²) in [5.74, 6) is 1.01. The van der Waals surface area contributed by atoms with Gasteiger partial charge in [0.15, 0.2) is 11.6 Å². The number of hydrogen-bond acceptors (Lipinski definition) is 4. The Balaban J connectivity index is 1.39. The summed E-state index contributed by atoms with van der Waals surface area (Å²) in [6, 6.07) is 38.9. The van der Waals surface area contributed by atoms with Crippen LogP contribution in [0, 0.1) is 0 Å². The molecule has 184 valence electrons. The Morgan fingerprint density at radius 2 is 1.08 bits per heavy atom. The molecule has 0 aliphatic heterocycles. The molecule has 6 heteroatoms. The first-order chi connectivity index (χ1) is 19.3. The first-order valence-corrected chi connectivity index (χ1v) is 13.0. The lowest BCUT2D eigenvalue weighted by Gasteiger charge is -2.13. The highest BCUT2D eigenvalue weighted by molar-refractivity contribution is 6.28. The van der Waals surface area contributed by atoms with Crippen LogP contribution in [0.5, 0.6) is 0 Å². The summed E-state index contributed by atoms with van der Waals surface area (Å²) in [5, 5.41) is 4.48. The molecule has 8 aromatic rings. The highest BCUT2D eigenvalue weighted by atomic mass is 35.5. The van der Waals surface area contributed by atoms with E-state index in [1.54, 1.807) is 0 Å². The number of furan rings is 1. The third-order valence-corrected chi connectivity index (χ3v) is 7.39. The average molecular weight is 523 g/mol. The van der Waals surface area contributed by atoms with Crippen LogP contribution in [0.3, 0.4) is 0 Å². The molecule has 0 bridgehead atoms. The van der Waals surface area contributed by atoms with Gasteiger partial charge in [-0.2, -0.15) is 9.97 Å². The lowest BCUT2D eigenvalue weighted by atomic mass is 10.1. The normalized spacial score (nSPS) is 11.7. The molecule has 0 unspecified atom stereocenters. The number of para-hydroxylation sites is 4. The second kappa shape index (κ2) is 8.51. The zero-order valence-electron chi connectivity index (χ0n) is 20.5. The minimum absolute atomic E-state index is 0.136. The van der Waals surface area contributed by atoms with E-state index in [0.717, 1.165) is 49.8 Å². The summed E-state index contributed by atoms with van der Waals surface area (Å²) in [6.45, 7) is 0. The summed E-state index contributed by atoms with van der Waals surface area (Å²) in [7, 11) is 0. The molecule has 0 radical (unpaired) electrons. The monoisotopic (exact) mass is 522 g/mol. The van der Waals surface area contributed by atoms with Gasteiger partial charge in [-0.15, -0.1) is 0 Å². The van der Waals surface area contributed by atoms with Gasteiger partial charge in [-0.05, 0) is 48.0 Å². The molecule has 0 amide bonds. The van der Waals surface area contributed by atoms with E-state index in [1.165, 1.54) is 10.8 Å². The van der Waals surface area contributed by atoms with Crippen LogP contribution in [0.15, 0.2) is 120 Å². The van der Waals surface area contributed by atoms with E-state index < -0.39 is 0 Å². The summed E-state index contributed by atoms with van der Waals surface area (Å²) >= 11 is 6.57. The molecule has 0 saturated carbocycles. The molecule has 0 fully saturated rings. The maximum atomic E-state index is 6.57. The fourth-order valence-electron chi connectivity index (χ4n) is 5.59. The molecule has 0 spiro atoms.